The first kappa shape index (κ1) is 24.0. The lowest BCUT2D eigenvalue weighted by Gasteiger charge is -2.54. The summed E-state index contributed by atoms with van der Waals surface area (Å²) in [5, 5.41) is 33.4. The van der Waals surface area contributed by atoms with Crippen molar-refractivity contribution in [2.24, 2.45) is 0 Å². The summed E-state index contributed by atoms with van der Waals surface area (Å²) in [6.45, 7) is 2.75. The molecule has 0 saturated carbocycles. The third-order valence-electron chi connectivity index (χ3n) is 5.70. The van der Waals surface area contributed by atoms with Crippen molar-refractivity contribution in [1.82, 2.24) is 4.98 Å². The number of pyridine rings is 1. The number of Topliss-reactive ketones (excluding diaryl/α,β-unsaturated/α-hetero) is 3. The van der Waals surface area contributed by atoms with E-state index in [2.05, 4.69) is 4.98 Å². The molecule has 10 heteroatoms. The Hall–Kier alpha value is -2.66. The molecule has 0 radical (unpaired) electrons. The fourth-order valence-corrected chi connectivity index (χ4v) is 5.34. The van der Waals surface area contributed by atoms with Crippen LogP contribution in [0.2, 0.25) is 0 Å². The quantitative estimate of drug-likeness (QED) is 0.542. The third kappa shape index (κ3) is 3.53. The number of thioether (sulfide) groups is 1. The highest BCUT2D eigenvalue weighted by atomic mass is 32.2. The maximum absolute atomic E-state index is 13.1. The van der Waals surface area contributed by atoms with Crippen LogP contribution in [0.15, 0.2) is 42.6 Å². The first-order valence-corrected chi connectivity index (χ1v) is 10.6. The summed E-state index contributed by atoms with van der Waals surface area (Å²) in [5.74, 6) is -4.19. The van der Waals surface area contributed by atoms with Crippen molar-refractivity contribution in [3.63, 3.8) is 0 Å². The van der Waals surface area contributed by atoms with Gasteiger partial charge in [0.25, 0.3) is 0 Å². The molecule has 1 fully saturated rings. The van der Waals surface area contributed by atoms with Gasteiger partial charge in [-0.1, -0.05) is 12.1 Å². The lowest BCUT2D eigenvalue weighted by atomic mass is 9.65. The molecule has 1 saturated heterocycles. The number of carbonyl (C=O) groups excluding carboxylic acids is 3. The van der Waals surface area contributed by atoms with Gasteiger partial charge in [-0.05, 0) is 50.6 Å². The number of halogens is 1. The van der Waals surface area contributed by atoms with Crippen molar-refractivity contribution in [2.45, 2.75) is 43.0 Å². The fraction of sp³-hybridized carbons (Fsp3) is 0.364. The minimum atomic E-state index is -3.13. The fourth-order valence-electron chi connectivity index (χ4n) is 3.78. The van der Waals surface area contributed by atoms with Crippen molar-refractivity contribution in [3.05, 3.63) is 48.5 Å². The normalized spacial score (nSPS) is 29.9. The molecule has 1 aliphatic rings. The molecule has 1 aromatic heterocycles. The molecule has 0 amide bonds. The molecule has 8 nitrogen and oxygen atoms in total. The molecular formula is C22H22FNO7S. The first-order chi connectivity index (χ1) is 14.9. The molecule has 1 aromatic carbocycles. The van der Waals surface area contributed by atoms with Gasteiger partial charge in [0.2, 0.25) is 11.5 Å². The van der Waals surface area contributed by atoms with Crippen molar-refractivity contribution in [3.8, 4) is 16.9 Å². The van der Waals surface area contributed by atoms with Crippen molar-refractivity contribution < 1.29 is 38.8 Å². The number of carbonyl (C=O) groups is 3. The van der Waals surface area contributed by atoms with Gasteiger partial charge < -0.3 is 20.1 Å². The van der Waals surface area contributed by atoms with E-state index in [0.29, 0.717) is 22.9 Å². The van der Waals surface area contributed by atoms with E-state index in [9.17, 15) is 34.1 Å². The van der Waals surface area contributed by atoms with Crippen LogP contribution in [0.5, 0.6) is 5.75 Å². The molecule has 0 aliphatic carbocycles. The Morgan fingerprint density at radius 3 is 2.25 bits per heavy atom. The Bertz CT molecular complexity index is 1080. The van der Waals surface area contributed by atoms with E-state index in [1.807, 2.05) is 0 Å². The summed E-state index contributed by atoms with van der Waals surface area (Å²) in [7, 11) is 0. The van der Waals surface area contributed by atoms with E-state index >= 15 is 0 Å². The third-order valence-corrected chi connectivity index (χ3v) is 7.03. The van der Waals surface area contributed by atoms with Crippen molar-refractivity contribution in [2.75, 3.05) is 5.75 Å². The zero-order valence-electron chi connectivity index (χ0n) is 17.5. The van der Waals surface area contributed by atoms with Gasteiger partial charge in [-0.2, -0.15) is 4.39 Å². The van der Waals surface area contributed by atoms with Crippen LogP contribution in [-0.4, -0.2) is 65.6 Å². The van der Waals surface area contributed by atoms with Crippen LogP contribution in [0, 0.1) is 5.95 Å². The monoisotopic (exact) mass is 463 g/mol. The zero-order chi connectivity index (χ0) is 23.9. The summed E-state index contributed by atoms with van der Waals surface area (Å²) < 4.78 is 18.9. The van der Waals surface area contributed by atoms with E-state index in [1.165, 1.54) is 30.5 Å². The molecule has 3 rings (SSSR count). The molecule has 0 unspecified atom stereocenters. The molecule has 32 heavy (non-hydrogen) atoms. The second-order valence-electron chi connectivity index (χ2n) is 7.66. The van der Waals surface area contributed by atoms with E-state index in [4.69, 9.17) is 4.74 Å². The average molecular weight is 463 g/mol. The second kappa shape index (κ2) is 8.36. The van der Waals surface area contributed by atoms with E-state index in [1.54, 1.807) is 12.1 Å². The molecule has 1 aliphatic heterocycles. The second-order valence-corrected chi connectivity index (χ2v) is 8.71. The Labute approximate surface area is 187 Å². The number of aromatic nitrogens is 1. The van der Waals surface area contributed by atoms with Gasteiger partial charge in [0.15, 0.2) is 34.0 Å². The van der Waals surface area contributed by atoms with Crippen molar-refractivity contribution in [1.29, 1.82) is 0 Å². The molecule has 0 spiro atoms. The highest BCUT2D eigenvalue weighted by Gasteiger charge is 2.75. The summed E-state index contributed by atoms with van der Waals surface area (Å²) in [6.07, 6.45) is 1.32. The first-order valence-electron chi connectivity index (χ1n) is 9.58. The number of ketones is 3. The number of aliphatic hydroxyl groups is 3. The highest BCUT2D eigenvalue weighted by Crippen LogP contribution is 2.49. The van der Waals surface area contributed by atoms with Crippen molar-refractivity contribution >= 4 is 29.1 Å². The average Bonchev–Trinajstić information content (AvgIpc) is 2.74. The Kier molecular flexibility index (Phi) is 6.27. The minimum absolute atomic E-state index is 0.156. The summed E-state index contributed by atoms with van der Waals surface area (Å²) in [4.78, 5) is 40.8. The number of ether oxygens (including phenoxy) is 1. The highest BCUT2D eigenvalue weighted by molar-refractivity contribution is 8.00. The minimum Gasteiger partial charge on any atom is -0.476 e. The van der Waals surface area contributed by atoms with Gasteiger partial charge in [0, 0.05) is 17.5 Å². The molecule has 2 heterocycles. The Morgan fingerprint density at radius 1 is 1.03 bits per heavy atom. The molecule has 4 atom stereocenters. The standard InChI is InChI=1S/C22H22FNO7S/c1-12(25)20(28)11-32-19(21(29,13(2)26)22(20,30)14(3)27)31-17-6-4-5-15(9-17)16-7-8-18(23)24-10-16/h4-10,19,28-30H,11H2,1-3H3/t19-,20-,21-,22-/m0/s1. The lowest BCUT2D eigenvalue weighted by Crippen LogP contribution is -2.82. The van der Waals surface area contributed by atoms with Gasteiger partial charge in [-0.25, -0.2) is 4.98 Å². The molecule has 2 aromatic rings. The maximum Gasteiger partial charge on any atom is 0.212 e. The smallest absolute Gasteiger partial charge is 0.212 e. The molecule has 3 N–H and O–H groups in total. The molecular weight excluding hydrogens is 441 g/mol. The summed E-state index contributed by atoms with van der Waals surface area (Å²) >= 11 is 0.714. The number of nitrogens with zero attached hydrogens (tertiary/aromatic N) is 1. The van der Waals surface area contributed by atoms with Crippen LogP contribution in [0.4, 0.5) is 4.39 Å². The van der Waals surface area contributed by atoms with E-state index < -0.39 is 51.3 Å². The van der Waals surface area contributed by atoms with Crippen LogP contribution >= 0.6 is 11.8 Å². The Balaban J connectivity index is 2.04. The van der Waals surface area contributed by atoms with Crippen LogP contribution in [-0.2, 0) is 14.4 Å². The van der Waals surface area contributed by atoms with Gasteiger partial charge in [-0.15, -0.1) is 11.8 Å². The zero-order valence-corrected chi connectivity index (χ0v) is 18.4. The van der Waals surface area contributed by atoms with Gasteiger partial charge in [0.1, 0.15) is 5.75 Å². The Morgan fingerprint density at radius 2 is 1.72 bits per heavy atom. The lowest BCUT2D eigenvalue weighted by molar-refractivity contribution is -0.235. The largest absolute Gasteiger partial charge is 0.476 e. The predicted molar refractivity (Wildman–Crippen MR) is 113 cm³/mol. The van der Waals surface area contributed by atoms with Gasteiger partial charge in [-0.3, -0.25) is 14.4 Å². The van der Waals surface area contributed by atoms with Gasteiger partial charge in [0.05, 0.1) is 0 Å². The number of benzene rings is 1. The predicted octanol–water partition coefficient (Wildman–Crippen LogP) is 1.30. The van der Waals surface area contributed by atoms with Crippen LogP contribution in [0.3, 0.4) is 0 Å². The SMILES string of the molecule is CC(=O)[C@]1(O)[C@@](O)(C(C)=O)CS[C@H](Oc2cccc(-c3ccc(F)nc3)c2)[C@@]1(O)C(C)=O. The summed E-state index contributed by atoms with van der Waals surface area (Å²) in [6, 6.07) is 9.05. The number of hydrogen-bond donors (Lipinski definition) is 3. The summed E-state index contributed by atoms with van der Waals surface area (Å²) in [5.41, 5.74) is -9.15. The van der Waals surface area contributed by atoms with E-state index in [0.717, 1.165) is 20.8 Å². The maximum atomic E-state index is 13.1. The number of hydrogen-bond acceptors (Lipinski definition) is 9. The van der Waals surface area contributed by atoms with Crippen LogP contribution < -0.4 is 4.74 Å². The molecule has 170 valence electrons. The number of rotatable bonds is 6. The molecule has 0 bridgehead atoms. The van der Waals surface area contributed by atoms with Crippen LogP contribution in [0.25, 0.3) is 11.1 Å². The van der Waals surface area contributed by atoms with Crippen LogP contribution in [0.1, 0.15) is 20.8 Å². The van der Waals surface area contributed by atoms with E-state index in [-0.39, 0.29) is 5.75 Å². The topological polar surface area (TPSA) is 134 Å². The van der Waals surface area contributed by atoms with Gasteiger partial charge >= 0.3 is 0 Å².